The summed E-state index contributed by atoms with van der Waals surface area (Å²) in [5, 5.41) is 12.4. The van der Waals surface area contributed by atoms with Gasteiger partial charge in [0.15, 0.2) is 0 Å². The van der Waals surface area contributed by atoms with E-state index in [2.05, 4.69) is 5.32 Å². The van der Waals surface area contributed by atoms with Crippen molar-refractivity contribution in [3.05, 3.63) is 84.4 Å². The van der Waals surface area contributed by atoms with Crippen LogP contribution in [-0.4, -0.2) is 11.0 Å². The minimum Gasteiger partial charge on any atom is -0.508 e. The Morgan fingerprint density at radius 1 is 0.773 bits per heavy atom. The van der Waals surface area contributed by atoms with Crippen molar-refractivity contribution in [2.24, 2.45) is 0 Å². The number of hydrogen-bond donors (Lipinski definition) is 2. The third kappa shape index (κ3) is 3.15. The molecule has 0 saturated carbocycles. The maximum absolute atomic E-state index is 12.1. The van der Waals surface area contributed by atoms with Gasteiger partial charge in [-0.1, -0.05) is 42.5 Å². The number of nitrogens with one attached hydrogen (secondary N) is 1. The lowest BCUT2D eigenvalue weighted by molar-refractivity contribution is 0.102. The lowest BCUT2D eigenvalue weighted by Gasteiger charge is -2.07. The van der Waals surface area contributed by atoms with Gasteiger partial charge in [0.1, 0.15) is 5.75 Å². The molecule has 1 amide bonds. The number of anilines is 1. The van der Waals surface area contributed by atoms with Crippen LogP contribution < -0.4 is 5.32 Å². The summed E-state index contributed by atoms with van der Waals surface area (Å²) in [6.45, 7) is 0. The smallest absolute Gasteiger partial charge is 0.255 e. The van der Waals surface area contributed by atoms with Crippen LogP contribution in [0.15, 0.2) is 78.9 Å². The van der Waals surface area contributed by atoms with Gasteiger partial charge in [-0.05, 0) is 47.5 Å². The summed E-state index contributed by atoms with van der Waals surface area (Å²) < 4.78 is 0. The van der Waals surface area contributed by atoms with Crippen LogP contribution in [0.5, 0.6) is 5.75 Å². The molecule has 0 unspecified atom stereocenters. The molecule has 3 aromatic carbocycles. The summed E-state index contributed by atoms with van der Waals surface area (Å²) in [5.74, 6) is 0.102. The van der Waals surface area contributed by atoms with E-state index in [4.69, 9.17) is 0 Å². The summed E-state index contributed by atoms with van der Waals surface area (Å²) in [6, 6.07) is 23.7. The van der Waals surface area contributed by atoms with Gasteiger partial charge in [-0.15, -0.1) is 0 Å². The number of carbonyl (C=O) groups is 1. The molecule has 22 heavy (non-hydrogen) atoms. The molecule has 0 aliphatic rings. The topological polar surface area (TPSA) is 49.3 Å². The summed E-state index contributed by atoms with van der Waals surface area (Å²) in [7, 11) is 0. The number of aromatic hydroxyl groups is 1. The Balaban J connectivity index is 1.76. The van der Waals surface area contributed by atoms with Gasteiger partial charge in [-0.2, -0.15) is 0 Å². The Morgan fingerprint density at radius 2 is 1.50 bits per heavy atom. The standard InChI is InChI=1S/C19H15NO2/c21-18-8-4-7-16(13-18)14-9-11-17(12-10-14)20-19(22)15-5-2-1-3-6-15/h1-13,21H,(H,20,22). The molecule has 3 heteroatoms. The van der Waals surface area contributed by atoms with Crippen molar-refractivity contribution in [1.82, 2.24) is 0 Å². The van der Waals surface area contributed by atoms with E-state index < -0.39 is 0 Å². The molecule has 108 valence electrons. The highest BCUT2D eigenvalue weighted by Gasteiger charge is 2.05. The van der Waals surface area contributed by atoms with Crippen molar-refractivity contribution in [2.45, 2.75) is 0 Å². The van der Waals surface area contributed by atoms with Gasteiger partial charge in [-0.3, -0.25) is 4.79 Å². The minimum absolute atomic E-state index is 0.134. The second-order valence-corrected chi connectivity index (χ2v) is 4.95. The highest BCUT2D eigenvalue weighted by Crippen LogP contribution is 2.24. The van der Waals surface area contributed by atoms with Crippen LogP contribution in [0.25, 0.3) is 11.1 Å². The van der Waals surface area contributed by atoms with Crippen LogP contribution in [-0.2, 0) is 0 Å². The summed E-state index contributed by atoms with van der Waals surface area (Å²) in [6.07, 6.45) is 0. The van der Waals surface area contributed by atoms with Crippen LogP contribution in [0.4, 0.5) is 5.69 Å². The molecule has 0 aromatic heterocycles. The molecule has 0 atom stereocenters. The molecule has 0 aliphatic carbocycles. The maximum atomic E-state index is 12.1. The van der Waals surface area contributed by atoms with E-state index in [-0.39, 0.29) is 11.7 Å². The molecule has 0 saturated heterocycles. The SMILES string of the molecule is O=C(Nc1ccc(-c2cccc(O)c2)cc1)c1ccccc1. The first-order valence-electron chi connectivity index (χ1n) is 6.98. The zero-order valence-electron chi connectivity index (χ0n) is 11.9. The van der Waals surface area contributed by atoms with Crippen molar-refractivity contribution < 1.29 is 9.90 Å². The fraction of sp³-hybridized carbons (Fsp3) is 0. The van der Waals surface area contributed by atoms with Gasteiger partial charge in [0.05, 0.1) is 0 Å². The highest BCUT2D eigenvalue weighted by molar-refractivity contribution is 6.04. The molecule has 0 heterocycles. The van der Waals surface area contributed by atoms with E-state index in [0.29, 0.717) is 5.56 Å². The van der Waals surface area contributed by atoms with Crippen molar-refractivity contribution >= 4 is 11.6 Å². The average Bonchev–Trinajstić information content (AvgIpc) is 2.56. The number of phenols is 1. The molecule has 0 bridgehead atoms. The molecule has 3 rings (SSSR count). The van der Waals surface area contributed by atoms with Crippen LogP contribution in [0.2, 0.25) is 0 Å². The Kier molecular flexibility index (Phi) is 3.88. The first-order chi connectivity index (χ1) is 10.7. The Labute approximate surface area is 128 Å². The monoisotopic (exact) mass is 289 g/mol. The van der Waals surface area contributed by atoms with E-state index in [0.717, 1.165) is 16.8 Å². The van der Waals surface area contributed by atoms with Crippen LogP contribution in [0.1, 0.15) is 10.4 Å². The fourth-order valence-electron chi connectivity index (χ4n) is 2.22. The second kappa shape index (κ2) is 6.14. The number of amides is 1. The Morgan fingerprint density at radius 3 is 2.18 bits per heavy atom. The molecule has 0 fully saturated rings. The average molecular weight is 289 g/mol. The molecule has 3 aromatic rings. The van der Waals surface area contributed by atoms with Gasteiger partial charge >= 0.3 is 0 Å². The molecule has 0 aliphatic heterocycles. The third-order valence-electron chi connectivity index (χ3n) is 3.36. The van der Waals surface area contributed by atoms with E-state index in [9.17, 15) is 9.90 Å². The highest BCUT2D eigenvalue weighted by atomic mass is 16.3. The van der Waals surface area contributed by atoms with Gasteiger partial charge in [0.25, 0.3) is 5.91 Å². The van der Waals surface area contributed by atoms with E-state index in [1.54, 1.807) is 30.3 Å². The van der Waals surface area contributed by atoms with Crippen LogP contribution in [0.3, 0.4) is 0 Å². The van der Waals surface area contributed by atoms with Crippen molar-refractivity contribution in [2.75, 3.05) is 5.32 Å². The zero-order chi connectivity index (χ0) is 15.4. The van der Waals surface area contributed by atoms with Gasteiger partial charge in [-0.25, -0.2) is 0 Å². The maximum Gasteiger partial charge on any atom is 0.255 e. The lowest BCUT2D eigenvalue weighted by atomic mass is 10.1. The molecular formula is C19H15NO2. The number of benzene rings is 3. The van der Waals surface area contributed by atoms with Crippen LogP contribution in [0, 0.1) is 0 Å². The fourth-order valence-corrected chi connectivity index (χ4v) is 2.22. The molecule has 0 spiro atoms. The van der Waals surface area contributed by atoms with Crippen molar-refractivity contribution in [1.29, 1.82) is 0 Å². The van der Waals surface area contributed by atoms with E-state index >= 15 is 0 Å². The Bertz CT molecular complexity index is 780. The molecule has 2 N–H and O–H groups in total. The number of hydrogen-bond acceptors (Lipinski definition) is 2. The Hall–Kier alpha value is -3.07. The summed E-state index contributed by atoms with van der Waals surface area (Å²) in [5.41, 5.74) is 3.27. The lowest BCUT2D eigenvalue weighted by Crippen LogP contribution is -2.11. The number of phenolic OH excluding ortho intramolecular Hbond substituents is 1. The van der Waals surface area contributed by atoms with Gasteiger partial charge in [0.2, 0.25) is 0 Å². The molecule has 3 nitrogen and oxygen atoms in total. The molecule has 0 radical (unpaired) electrons. The van der Waals surface area contributed by atoms with Crippen molar-refractivity contribution in [3.63, 3.8) is 0 Å². The number of carbonyl (C=O) groups excluding carboxylic acids is 1. The van der Waals surface area contributed by atoms with Gasteiger partial charge < -0.3 is 10.4 Å². The number of rotatable bonds is 3. The summed E-state index contributed by atoms with van der Waals surface area (Å²) in [4.78, 5) is 12.1. The van der Waals surface area contributed by atoms with E-state index in [1.165, 1.54) is 0 Å². The molecular weight excluding hydrogens is 274 g/mol. The quantitative estimate of drug-likeness (QED) is 0.754. The largest absolute Gasteiger partial charge is 0.508 e. The second-order valence-electron chi connectivity index (χ2n) is 4.95. The first kappa shape index (κ1) is 13.9. The van der Waals surface area contributed by atoms with Gasteiger partial charge in [0, 0.05) is 11.3 Å². The third-order valence-corrected chi connectivity index (χ3v) is 3.36. The normalized spacial score (nSPS) is 10.2. The predicted molar refractivity (Wildman–Crippen MR) is 87.9 cm³/mol. The van der Waals surface area contributed by atoms with Crippen molar-refractivity contribution in [3.8, 4) is 16.9 Å². The van der Waals surface area contributed by atoms with E-state index in [1.807, 2.05) is 48.5 Å². The zero-order valence-corrected chi connectivity index (χ0v) is 11.9. The first-order valence-corrected chi connectivity index (χ1v) is 6.98. The minimum atomic E-state index is -0.134. The van der Waals surface area contributed by atoms with Crippen LogP contribution >= 0.6 is 0 Å². The summed E-state index contributed by atoms with van der Waals surface area (Å²) >= 11 is 0. The predicted octanol–water partition coefficient (Wildman–Crippen LogP) is 4.31.